The molecule has 0 spiro atoms. The van der Waals surface area contributed by atoms with Gasteiger partial charge >= 0.3 is 0 Å². The number of nitrogens with one attached hydrogen (secondary N) is 1. The molecule has 0 saturated heterocycles. The summed E-state index contributed by atoms with van der Waals surface area (Å²) in [6.07, 6.45) is 2.35. The number of aryl methyl sites for hydroxylation is 1. The van der Waals surface area contributed by atoms with Gasteiger partial charge in [-0.2, -0.15) is 5.10 Å². The smallest absolute Gasteiger partial charge is 0.259 e. The molecule has 0 fully saturated rings. The van der Waals surface area contributed by atoms with Crippen LogP contribution < -0.4 is 4.72 Å². The molecule has 8 heteroatoms. The zero-order valence-corrected chi connectivity index (χ0v) is 13.3. The number of sulfonamides is 1. The summed E-state index contributed by atoms with van der Waals surface area (Å²) in [6, 6.07) is 0.421. The van der Waals surface area contributed by atoms with Crippen LogP contribution in [0.5, 0.6) is 0 Å². The van der Waals surface area contributed by atoms with E-state index in [0.29, 0.717) is 19.1 Å². The first-order chi connectivity index (χ1) is 8.79. The number of likely N-dealkylation sites (N-methyl/N-ethyl adjacent to an activating group) is 1. The van der Waals surface area contributed by atoms with Crippen molar-refractivity contribution in [3.05, 3.63) is 11.2 Å². The van der Waals surface area contributed by atoms with E-state index in [1.165, 1.54) is 10.9 Å². The zero-order valence-electron chi connectivity index (χ0n) is 11.7. The van der Waals surface area contributed by atoms with Gasteiger partial charge in [-0.05, 0) is 20.4 Å². The predicted molar refractivity (Wildman–Crippen MR) is 75.8 cm³/mol. The third-order valence-corrected chi connectivity index (χ3v) is 5.16. The molecule has 6 nitrogen and oxygen atoms in total. The second-order valence-corrected chi connectivity index (χ2v) is 6.65. The van der Waals surface area contributed by atoms with Crippen LogP contribution in [0.3, 0.4) is 0 Å². The van der Waals surface area contributed by atoms with Crippen LogP contribution in [0.1, 0.15) is 20.3 Å². The molecule has 0 aliphatic carbocycles. The van der Waals surface area contributed by atoms with Crippen LogP contribution in [-0.2, 0) is 17.1 Å². The molecule has 1 atom stereocenters. The Morgan fingerprint density at radius 3 is 2.68 bits per heavy atom. The molecule has 0 aliphatic rings. The first kappa shape index (κ1) is 16.4. The van der Waals surface area contributed by atoms with Crippen LogP contribution in [-0.4, -0.2) is 49.3 Å². The van der Waals surface area contributed by atoms with Crippen LogP contribution in [0.2, 0.25) is 5.02 Å². The summed E-state index contributed by atoms with van der Waals surface area (Å²) < 4.78 is 28.0. The molecule has 0 saturated carbocycles. The highest BCUT2D eigenvalue weighted by Crippen LogP contribution is 2.19. The Bertz CT molecular complexity index is 495. The van der Waals surface area contributed by atoms with Gasteiger partial charge in [0.1, 0.15) is 0 Å². The lowest BCUT2D eigenvalue weighted by Gasteiger charge is -2.23. The lowest BCUT2D eigenvalue weighted by molar-refractivity contribution is 0.256. The summed E-state index contributed by atoms with van der Waals surface area (Å²) in [4.78, 5) is 2.10. The highest BCUT2D eigenvalue weighted by molar-refractivity contribution is 7.89. The van der Waals surface area contributed by atoms with E-state index >= 15 is 0 Å². The normalized spacial score (nSPS) is 14.0. The van der Waals surface area contributed by atoms with Crippen molar-refractivity contribution in [1.82, 2.24) is 19.4 Å². The van der Waals surface area contributed by atoms with Crippen molar-refractivity contribution in [3.8, 4) is 0 Å². The molecule has 1 aromatic rings. The Kier molecular flexibility index (Phi) is 5.79. The van der Waals surface area contributed by atoms with Gasteiger partial charge in [-0.3, -0.25) is 4.68 Å². The van der Waals surface area contributed by atoms with E-state index in [2.05, 4.69) is 28.6 Å². The fourth-order valence-electron chi connectivity index (χ4n) is 1.66. The van der Waals surface area contributed by atoms with Crippen molar-refractivity contribution in [3.63, 3.8) is 0 Å². The molecular weight excluding hydrogens is 288 g/mol. The van der Waals surface area contributed by atoms with Gasteiger partial charge in [-0.25, -0.2) is 13.1 Å². The third-order valence-electron chi connectivity index (χ3n) is 3.20. The average Bonchev–Trinajstić information content (AvgIpc) is 2.68. The minimum Gasteiger partial charge on any atom is -0.302 e. The fourth-order valence-corrected chi connectivity index (χ4v) is 3.33. The highest BCUT2D eigenvalue weighted by atomic mass is 35.5. The van der Waals surface area contributed by atoms with E-state index in [4.69, 9.17) is 11.6 Å². The van der Waals surface area contributed by atoms with Gasteiger partial charge in [0, 0.05) is 26.2 Å². The lowest BCUT2D eigenvalue weighted by Crippen LogP contribution is -2.37. The highest BCUT2D eigenvalue weighted by Gasteiger charge is 2.22. The van der Waals surface area contributed by atoms with E-state index in [0.717, 1.165) is 6.42 Å². The number of aromatic nitrogens is 2. The Morgan fingerprint density at radius 2 is 2.21 bits per heavy atom. The molecule has 0 bridgehead atoms. The predicted octanol–water partition coefficient (Wildman–Crippen LogP) is 1.08. The van der Waals surface area contributed by atoms with Crippen LogP contribution in [0.25, 0.3) is 0 Å². The summed E-state index contributed by atoms with van der Waals surface area (Å²) in [5, 5.41) is 3.95. The van der Waals surface area contributed by atoms with E-state index in [-0.39, 0.29) is 10.0 Å². The van der Waals surface area contributed by atoms with Gasteiger partial charge in [0.25, 0.3) is 10.0 Å². The quantitative estimate of drug-likeness (QED) is 0.818. The van der Waals surface area contributed by atoms with Crippen molar-refractivity contribution in [2.24, 2.45) is 7.05 Å². The van der Waals surface area contributed by atoms with Crippen LogP contribution in [0.4, 0.5) is 0 Å². The summed E-state index contributed by atoms with van der Waals surface area (Å²) >= 11 is 5.83. The van der Waals surface area contributed by atoms with Gasteiger partial charge in [-0.1, -0.05) is 18.5 Å². The van der Waals surface area contributed by atoms with Crippen LogP contribution in [0, 0.1) is 0 Å². The van der Waals surface area contributed by atoms with Gasteiger partial charge in [0.05, 0.1) is 11.2 Å². The standard InChI is InChI=1S/C11H21ClN4O2S/c1-5-9(2)15(3)7-6-14-19(17,18)11-10(12)8-13-16(11)4/h8-9,14H,5-7H2,1-4H3. The lowest BCUT2D eigenvalue weighted by atomic mass is 10.2. The van der Waals surface area contributed by atoms with Gasteiger partial charge < -0.3 is 4.90 Å². The van der Waals surface area contributed by atoms with Gasteiger partial charge in [-0.15, -0.1) is 0 Å². The zero-order chi connectivity index (χ0) is 14.6. The Hall–Kier alpha value is -0.630. The molecule has 0 aliphatic heterocycles. The van der Waals surface area contributed by atoms with Crippen molar-refractivity contribution in [2.45, 2.75) is 31.3 Å². The molecule has 1 rings (SSSR count). The van der Waals surface area contributed by atoms with Gasteiger partial charge in [0.15, 0.2) is 5.03 Å². The molecular formula is C11H21ClN4O2S. The molecule has 0 aromatic carbocycles. The monoisotopic (exact) mass is 308 g/mol. The Balaban J connectivity index is 2.63. The number of nitrogens with zero attached hydrogens (tertiary/aromatic N) is 3. The molecule has 0 radical (unpaired) electrons. The van der Waals surface area contributed by atoms with Crippen LogP contribution >= 0.6 is 11.6 Å². The molecule has 1 heterocycles. The van der Waals surface area contributed by atoms with E-state index in [1.54, 1.807) is 7.05 Å². The second kappa shape index (κ2) is 6.69. The summed E-state index contributed by atoms with van der Waals surface area (Å²) in [5.74, 6) is 0. The summed E-state index contributed by atoms with van der Waals surface area (Å²) in [6.45, 7) is 5.18. The molecule has 0 amide bonds. The molecule has 1 unspecified atom stereocenters. The minimum atomic E-state index is -3.61. The SMILES string of the molecule is CCC(C)N(C)CCNS(=O)(=O)c1c(Cl)cnn1C. The Morgan fingerprint density at radius 1 is 1.58 bits per heavy atom. The molecule has 1 N–H and O–H groups in total. The maximum Gasteiger partial charge on any atom is 0.259 e. The number of hydrogen-bond donors (Lipinski definition) is 1. The van der Waals surface area contributed by atoms with Gasteiger partial charge in [0.2, 0.25) is 0 Å². The maximum absolute atomic E-state index is 12.1. The fraction of sp³-hybridized carbons (Fsp3) is 0.727. The van der Waals surface area contributed by atoms with Crippen molar-refractivity contribution < 1.29 is 8.42 Å². The number of rotatable bonds is 7. The van der Waals surface area contributed by atoms with E-state index in [9.17, 15) is 8.42 Å². The van der Waals surface area contributed by atoms with Crippen molar-refractivity contribution in [1.29, 1.82) is 0 Å². The minimum absolute atomic E-state index is 0.000333. The Labute approximate surface area is 119 Å². The average molecular weight is 309 g/mol. The van der Waals surface area contributed by atoms with Crippen molar-refractivity contribution >= 4 is 21.6 Å². The second-order valence-electron chi connectivity index (χ2n) is 4.56. The molecule has 1 aromatic heterocycles. The first-order valence-electron chi connectivity index (χ1n) is 6.17. The number of halogens is 1. The van der Waals surface area contributed by atoms with Crippen molar-refractivity contribution in [2.75, 3.05) is 20.1 Å². The summed E-state index contributed by atoms with van der Waals surface area (Å²) in [5.41, 5.74) is 0. The third kappa shape index (κ3) is 4.17. The first-order valence-corrected chi connectivity index (χ1v) is 8.03. The molecule has 19 heavy (non-hydrogen) atoms. The van der Waals surface area contributed by atoms with Crippen LogP contribution in [0.15, 0.2) is 11.2 Å². The van der Waals surface area contributed by atoms with E-state index in [1.807, 2.05) is 7.05 Å². The molecule has 110 valence electrons. The summed E-state index contributed by atoms with van der Waals surface area (Å²) in [7, 11) is -0.0954. The number of hydrogen-bond acceptors (Lipinski definition) is 4. The van der Waals surface area contributed by atoms with E-state index < -0.39 is 10.0 Å². The largest absolute Gasteiger partial charge is 0.302 e. The topological polar surface area (TPSA) is 67.2 Å². The maximum atomic E-state index is 12.1.